The summed E-state index contributed by atoms with van der Waals surface area (Å²) in [4.78, 5) is 27.7. The summed E-state index contributed by atoms with van der Waals surface area (Å²) in [5.74, 6) is -0.0633. The van der Waals surface area contributed by atoms with Crippen molar-refractivity contribution in [2.24, 2.45) is 0 Å². The molecule has 0 bridgehead atoms. The third-order valence-electron chi connectivity index (χ3n) is 5.10. The van der Waals surface area contributed by atoms with Crippen LogP contribution in [0.15, 0.2) is 36.4 Å². The Hall–Kier alpha value is -2.80. The number of nitro groups is 1. The highest BCUT2D eigenvalue weighted by molar-refractivity contribution is 6.30. The number of amides is 1. The molecule has 2 aliphatic rings. The first kappa shape index (κ1) is 17.6. The first-order chi connectivity index (χ1) is 13.0. The van der Waals surface area contributed by atoms with E-state index in [2.05, 4.69) is 5.32 Å². The normalized spacial score (nSPS) is 16.0. The zero-order chi connectivity index (χ0) is 19.0. The number of hydrogen-bond donors (Lipinski definition) is 1. The fraction of sp³-hybridized carbons (Fsp3) is 0.316. The fourth-order valence-corrected chi connectivity index (χ4v) is 3.99. The molecule has 0 spiro atoms. The maximum Gasteiger partial charge on any atom is 0.292 e. The molecule has 1 N–H and O–H groups in total. The van der Waals surface area contributed by atoms with Gasteiger partial charge >= 0.3 is 0 Å². The van der Waals surface area contributed by atoms with Crippen molar-refractivity contribution < 1.29 is 9.72 Å². The number of nitrogens with zero attached hydrogens (tertiary/aromatic N) is 3. The Kier molecular flexibility index (Phi) is 4.61. The molecule has 1 saturated heterocycles. The molecule has 2 aromatic carbocycles. The van der Waals surface area contributed by atoms with Gasteiger partial charge in [-0.1, -0.05) is 17.7 Å². The van der Waals surface area contributed by atoms with Crippen molar-refractivity contribution in [1.29, 1.82) is 0 Å². The molecule has 8 heteroatoms. The van der Waals surface area contributed by atoms with Gasteiger partial charge in [0.1, 0.15) is 5.69 Å². The number of piperazine rings is 1. The number of fused-ring (bicyclic) bond motifs is 1. The van der Waals surface area contributed by atoms with Crippen LogP contribution < -0.4 is 10.2 Å². The number of hydrogen-bond acceptors (Lipinski definition) is 5. The van der Waals surface area contributed by atoms with E-state index in [0.717, 1.165) is 24.2 Å². The third-order valence-corrected chi connectivity index (χ3v) is 5.34. The van der Waals surface area contributed by atoms with Gasteiger partial charge in [-0.05, 0) is 30.7 Å². The highest BCUT2D eigenvalue weighted by Crippen LogP contribution is 2.39. The molecule has 0 unspecified atom stereocenters. The Bertz CT molecular complexity index is 910. The van der Waals surface area contributed by atoms with Gasteiger partial charge in [0.2, 0.25) is 0 Å². The molecule has 140 valence electrons. The summed E-state index contributed by atoms with van der Waals surface area (Å²) in [7, 11) is 0. The Morgan fingerprint density at radius 2 is 1.93 bits per heavy atom. The van der Waals surface area contributed by atoms with Gasteiger partial charge in [-0.2, -0.15) is 0 Å². The summed E-state index contributed by atoms with van der Waals surface area (Å²) in [5.41, 5.74) is 3.35. The van der Waals surface area contributed by atoms with Crippen LogP contribution in [0.4, 0.5) is 17.1 Å². The quantitative estimate of drug-likeness (QED) is 0.647. The van der Waals surface area contributed by atoms with Gasteiger partial charge in [-0.15, -0.1) is 0 Å². The molecule has 2 aromatic rings. The van der Waals surface area contributed by atoms with Crippen molar-refractivity contribution in [2.75, 3.05) is 42.9 Å². The molecule has 1 fully saturated rings. The minimum Gasteiger partial charge on any atom is -0.384 e. The molecular weight excluding hydrogens is 368 g/mol. The van der Waals surface area contributed by atoms with Gasteiger partial charge in [0, 0.05) is 60.6 Å². The largest absolute Gasteiger partial charge is 0.384 e. The molecule has 0 aromatic heterocycles. The Morgan fingerprint density at radius 1 is 1.15 bits per heavy atom. The van der Waals surface area contributed by atoms with Crippen LogP contribution in [0.5, 0.6) is 0 Å². The second-order valence-electron chi connectivity index (χ2n) is 6.68. The summed E-state index contributed by atoms with van der Waals surface area (Å²) in [6.07, 6.45) is 0.772. The lowest BCUT2D eigenvalue weighted by Crippen LogP contribution is -2.49. The molecule has 2 aliphatic heterocycles. The molecule has 4 rings (SSSR count). The van der Waals surface area contributed by atoms with Crippen LogP contribution in [0.1, 0.15) is 15.9 Å². The van der Waals surface area contributed by atoms with E-state index in [1.165, 1.54) is 0 Å². The zero-order valence-corrected chi connectivity index (χ0v) is 15.4. The number of anilines is 2. The van der Waals surface area contributed by atoms with E-state index < -0.39 is 0 Å². The number of nitro benzene ring substituents is 1. The van der Waals surface area contributed by atoms with Crippen molar-refractivity contribution in [3.8, 4) is 0 Å². The average Bonchev–Trinajstić information content (AvgIpc) is 3.15. The second kappa shape index (κ2) is 7.08. The average molecular weight is 387 g/mol. The predicted octanol–water partition coefficient (Wildman–Crippen LogP) is 3.18. The van der Waals surface area contributed by atoms with Gasteiger partial charge < -0.3 is 15.1 Å². The smallest absolute Gasteiger partial charge is 0.292 e. The van der Waals surface area contributed by atoms with E-state index >= 15 is 0 Å². The van der Waals surface area contributed by atoms with Crippen molar-refractivity contribution in [3.63, 3.8) is 0 Å². The van der Waals surface area contributed by atoms with Gasteiger partial charge in [-0.25, -0.2) is 0 Å². The van der Waals surface area contributed by atoms with Crippen LogP contribution in [-0.2, 0) is 6.42 Å². The first-order valence-electron chi connectivity index (χ1n) is 8.88. The lowest BCUT2D eigenvalue weighted by molar-refractivity contribution is -0.384. The molecule has 1 amide bonds. The SMILES string of the molecule is O=C(c1cccc(Cl)c1)N1CCN(c2c([N+](=O)[O-])ccc3c2CCN3)CC1. The van der Waals surface area contributed by atoms with E-state index in [1.54, 1.807) is 41.3 Å². The van der Waals surface area contributed by atoms with Crippen LogP contribution >= 0.6 is 11.6 Å². The van der Waals surface area contributed by atoms with E-state index in [1.807, 2.05) is 4.90 Å². The molecule has 0 atom stereocenters. The lowest BCUT2D eigenvalue weighted by atomic mass is 10.1. The minimum atomic E-state index is -0.322. The molecule has 2 heterocycles. The van der Waals surface area contributed by atoms with E-state index in [9.17, 15) is 14.9 Å². The standard InChI is InChI=1S/C19H19ClN4O3/c20-14-3-1-2-13(12-14)19(25)23-10-8-22(9-11-23)18-15-6-7-21-16(15)4-5-17(18)24(26)27/h1-5,12,21H,6-11H2. The fourth-order valence-electron chi connectivity index (χ4n) is 3.80. The number of benzene rings is 2. The van der Waals surface area contributed by atoms with Crippen molar-refractivity contribution in [2.45, 2.75) is 6.42 Å². The molecular formula is C19H19ClN4O3. The van der Waals surface area contributed by atoms with Crippen molar-refractivity contribution >= 4 is 34.6 Å². The lowest BCUT2D eigenvalue weighted by Gasteiger charge is -2.36. The molecule has 0 radical (unpaired) electrons. The summed E-state index contributed by atoms with van der Waals surface area (Å²) in [6, 6.07) is 10.3. The predicted molar refractivity (Wildman–Crippen MR) is 105 cm³/mol. The van der Waals surface area contributed by atoms with E-state index in [0.29, 0.717) is 42.5 Å². The summed E-state index contributed by atoms with van der Waals surface area (Å²) in [5, 5.41) is 15.3. The number of carbonyl (C=O) groups is 1. The van der Waals surface area contributed by atoms with Gasteiger partial charge in [0.05, 0.1) is 4.92 Å². The number of halogens is 1. The zero-order valence-electron chi connectivity index (χ0n) is 14.7. The van der Waals surface area contributed by atoms with Gasteiger partial charge in [0.25, 0.3) is 11.6 Å². The van der Waals surface area contributed by atoms with Crippen molar-refractivity contribution in [3.05, 3.63) is 62.7 Å². The maximum absolute atomic E-state index is 12.7. The Morgan fingerprint density at radius 3 is 2.63 bits per heavy atom. The maximum atomic E-state index is 12.7. The first-order valence-corrected chi connectivity index (χ1v) is 9.26. The van der Waals surface area contributed by atoms with Crippen molar-refractivity contribution in [1.82, 2.24) is 4.90 Å². The minimum absolute atomic E-state index is 0.0633. The number of nitrogens with one attached hydrogen (secondary N) is 1. The second-order valence-corrected chi connectivity index (χ2v) is 7.12. The topological polar surface area (TPSA) is 78.7 Å². The Labute approximate surface area is 161 Å². The Balaban J connectivity index is 1.54. The van der Waals surface area contributed by atoms with Crippen LogP contribution in [0.3, 0.4) is 0 Å². The number of carbonyl (C=O) groups excluding carboxylic acids is 1. The van der Waals surface area contributed by atoms with Gasteiger partial charge in [0.15, 0.2) is 0 Å². The highest BCUT2D eigenvalue weighted by Gasteiger charge is 2.31. The molecule has 7 nitrogen and oxygen atoms in total. The van der Waals surface area contributed by atoms with E-state index in [-0.39, 0.29) is 16.5 Å². The van der Waals surface area contributed by atoms with Crippen LogP contribution in [0, 0.1) is 10.1 Å². The molecule has 0 aliphatic carbocycles. The van der Waals surface area contributed by atoms with Crippen LogP contribution in [0.25, 0.3) is 0 Å². The summed E-state index contributed by atoms with van der Waals surface area (Å²) >= 11 is 5.98. The van der Waals surface area contributed by atoms with Crippen LogP contribution in [0.2, 0.25) is 5.02 Å². The van der Waals surface area contributed by atoms with Crippen LogP contribution in [-0.4, -0.2) is 48.5 Å². The van der Waals surface area contributed by atoms with Gasteiger partial charge in [-0.3, -0.25) is 14.9 Å². The van der Waals surface area contributed by atoms with E-state index in [4.69, 9.17) is 11.6 Å². The monoisotopic (exact) mass is 386 g/mol. The molecule has 0 saturated carbocycles. The summed E-state index contributed by atoms with van der Waals surface area (Å²) in [6.45, 7) is 2.93. The molecule has 27 heavy (non-hydrogen) atoms. The highest BCUT2D eigenvalue weighted by atomic mass is 35.5. The third kappa shape index (κ3) is 3.30. The summed E-state index contributed by atoms with van der Waals surface area (Å²) < 4.78 is 0. The number of rotatable bonds is 3.